The minimum Gasteiger partial charge on any atom is -0.489 e. The Morgan fingerprint density at radius 1 is 0.964 bits per heavy atom. The standard InChI is InChI=1S/C22H28N2O4/c1-22(2,20(25)23-14-7-15-27-3)21(26)24-18-10-12-19(13-11-18)28-16-17-8-5-4-6-9-17/h4-6,8-13H,7,14-16H2,1-3H3,(H,23,25)(H,24,26). The molecule has 0 aliphatic rings. The van der Waals surface area contributed by atoms with Crippen LogP contribution in [-0.2, 0) is 20.9 Å². The zero-order valence-electron chi connectivity index (χ0n) is 16.7. The van der Waals surface area contributed by atoms with Gasteiger partial charge in [-0.3, -0.25) is 9.59 Å². The molecule has 28 heavy (non-hydrogen) atoms. The molecule has 6 heteroatoms. The number of carbonyl (C=O) groups excluding carboxylic acids is 2. The zero-order valence-corrected chi connectivity index (χ0v) is 16.7. The van der Waals surface area contributed by atoms with Gasteiger partial charge in [0.05, 0.1) is 0 Å². The summed E-state index contributed by atoms with van der Waals surface area (Å²) in [6, 6.07) is 17.0. The third kappa shape index (κ3) is 6.39. The number of hydrogen-bond acceptors (Lipinski definition) is 4. The molecule has 2 amide bonds. The van der Waals surface area contributed by atoms with Gasteiger partial charge in [0, 0.05) is 25.9 Å². The molecule has 150 valence electrons. The molecule has 0 unspecified atom stereocenters. The fourth-order valence-corrected chi connectivity index (χ4v) is 2.41. The monoisotopic (exact) mass is 384 g/mol. The first-order valence-electron chi connectivity index (χ1n) is 9.29. The molecule has 2 rings (SSSR count). The van der Waals surface area contributed by atoms with E-state index in [2.05, 4.69) is 10.6 Å². The van der Waals surface area contributed by atoms with Gasteiger partial charge < -0.3 is 20.1 Å². The van der Waals surface area contributed by atoms with Crippen molar-refractivity contribution in [1.82, 2.24) is 5.32 Å². The fraction of sp³-hybridized carbons (Fsp3) is 0.364. The topological polar surface area (TPSA) is 76.7 Å². The minimum absolute atomic E-state index is 0.316. The Hall–Kier alpha value is -2.86. The van der Waals surface area contributed by atoms with Gasteiger partial charge in [-0.15, -0.1) is 0 Å². The van der Waals surface area contributed by atoms with Crippen molar-refractivity contribution >= 4 is 17.5 Å². The van der Waals surface area contributed by atoms with E-state index in [4.69, 9.17) is 9.47 Å². The van der Waals surface area contributed by atoms with Crippen molar-refractivity contribution in [3.63, 3.8) is 0 Å². The molecule has 0 aliphatic heterocycles. The SMILES string of the molecule is COCCCNC(=O)C(C)(C)C(=O)Nc1ccc(OCc2ccccc2)cc1. The predicted octanol–water partition coefficient (Wildman–Crippen LogP) is 3.38. The maximum absolute atomic E-state index is 12.5. The molecular weight excluding hydrogens is 356 g/mol. The Balaban J connectivity index is 1.86. The smallest absolute Gasteiger partial charge is 0.239 e. The van der Waals surface area contributed by atoms with E-state index >= 15 is 0 Å². The lowest BCUT2D eigenvalue weighted by Crippen LogP contribution is -2.45. The van der Waals surface area contributed by atoms with Gasteiger partial charge in [-0.05, 0) is 50.1 Å². The van der Waals surface area contributed by atoms with Crippen LogP contribution in [0.25, 0.3) is 0 Å². The van der Waals surface area contributed by atoms with Crippen molar-refractivity contribution in [2.45, 2.75) is 26.9 Å². The number of anilines is 1. The predicted molar refractivity (Wildman–Crippen MR) is 109 cm³/mol. The van der Waals surface area contributed by atoms with E-state index in [1.54, 1.807) is 45.2 Å². The summed E-state index contributed by atoms with van der Waals surface area (Å²) >= 11 is 0. The first-order valence-corrected chi connectivity index (χ1v) is 9.29. The summed E-state index contributed by atoms with van der Waals surface area (Å²) in [7, 11) is 1.61. The molecule has 0 bridgehead atoms. The molecule has 2 aromatic carbocycles. The van der Waals surface area contributed by atoms with Crippen LogP contribution in [0.4, 0.5) is 5.69 Å². The van der Waals surface area contributed by atoms with Gasteiger partial charge in [-0.2, -0.15) is 0 Å². The quantitative estimate of drug-likeness (QED) is 0.486. The van der Waals surface area contributed by atoms with Crippen LogP contribution in [0.3, 0.4) is 0 Å². The van der Waals surface area contributed by atoms with Crippen molar-refractivity contribution in [1.29, 1.82) is 0 Å². The average molecular weight is 384 g/mol. The Morgan fingerprint density at radius 2 is 1.64 bits per heavy atom. The van der Waals surface area contributed by atoms with E-state index in [1.807, 2.05) is 30.3 Å². The van der Waals surface area contributed by atoms with E-state index in [0.717, 1.165) is 5.56 Å². The van der Waals surface area contributed by atoms with Crippen LogP contribution < -0.4 is 15.4 Å². The molecule has 0 aromatic heterocycles. The third-order valence-electron chi connectivity index (χ3n) is 4.31. The molecule has 0 atom stereocenters. The lowest BCUT2D eigenvalue weighted by atomic mass is 9.91. The maximum Gasteiger partial charge on any atom is 0.239 e. The number of nitrogens with one attached hydrogen (secondary N) is 2. The van der Waals surface area contributed by atoms with Crippen LogP contribution in [-0.4, -0.2) is 32.1 Å². The first kappa shape index (κ1) is 21.4. The van der Waals surface area contributed by atoms with Crippen LogP contribution in [0, 0.1) is 5.41 Å². The molecule has 0 saturated heterocycles. The maximum atomic E-state index is 12.5. The first-order chi connectivity index (χ1) is 13.4. The summed E-state index contributed by atoms with van der Waals surface area (Å²) in [5.74, 6) is 0.0237. The van der Waals surface area contributed by atoms with E-state index in [0.29, 0.717) is 37.6 Å². The molecule has 2 aromatic rings. The molecule has 2 N–H and O–H groups in total. The average Bonchev–Trinajstić information content (AvgIpc) is 2.71. The van der Waals surface area contributed by atoms with Crippen molar-refractivity contribution in [2.24, 2.45) is 5.41 Å². The Kier molecular flexibility index (Phi) is 8.02. The van der Waals surface area contributed by atoms with Crippen molar-refractivity contribution < 1.29 is 19.1 Å². The number of carbonyl (C=O) groups is 2. The zero-order chi connectivity index (χ0) is 20.4. The van der Waals surface area contributed by atoms with E-state index in [-0.39, 0.29) is 11.8 Å². The van der Waals surface area contributed by atoms with Gasteiger partial charge in [0.15, 0.2) is 0 Å². The second-order valence-corrected chi connectivity index (χ2v) is 6.98. The van der Waals surface area contributed by atoms with Gasteiger partial charge in [-0.1, -0.05) is 30.3 Å². The molecule has 0 fully saturated rings. The van der Waals surface area contributed by atoms with Gasteiger partial charge in [0.1, 0.15) is 17.8 Å². The molecular formula is C22H28N2O4. The molecule has 6 nitrogen and oxygen atoms in total. The number of rotatable bonds is 10. The Bertz CT molecular complexity index is 758. The molecule has 0 radical (unpaired) electrons. The number of methoxy groups -OCH3 is 1. The summed E-state index contributed by atoms with van der Waals surface area (Å²) in [5, 5.41) is 5.55. The van der Waals surface area contributed by atoms with Crippen LogP contribution in [0.5, 0.6) is 5.75 Å². The highest BCUT2D eigenvalue weighted by molar-refractivity contribution is 6.09. The number of benzene rings is 2. The number of amides is 2. The second kappa shape index (κ2) is 10.5. The number of ether oxygens (including phenoxy) is 2. The van der Waals surface area contributed by atoms with E-state index in [1.165, 1.54) is 0 Å². The van der Waals surface area contributed by atoms with Gasteiger partial charge in [-0.25, -0.2) is 0 Å². The van der Waals surface area contributed by atoms with Crippen LogP contribution in [0.1, 0.15) is 25.8 Å². The van der Waals surface area contributed by atoms with Gasteiger partial charge in [0.2, 0.25) is 11.8 Å². The summed E-state index contributed by atoms with van der Waals surface area (Å²) in [6.45, 7) is 4.71. The highest BCUT2D eigenvalue weighted by Gasteiger charge is 2.35. The van der Waals surface area contributed by atoms with E-state index in [9.17, 15) is 9.59 Å². The molecule has 0 saturated carbocycles. The Morgan fingerprint density at radius 3 is 2.29 bits per heavy atom. The lowest BCUT2D eigenvalue weighted by molar-refractivity contribution is -0.138. The van der Waals surface area contributed by atoms with Crippen molar-refractivity contribution in [2.75, 3.05) is 25.6 Å². The summed E-state index contributed by atoms with van der Waals surface area (Å²) in [4.78, 5) is 24.8. The largest absolute Gasteiger partial charge is 0.489 e. The number of hydrogen-bond donors (Lipinski definition) is 2. The summed E-state index contributed by atoms with van der Waals surface area (Å²) < 4.78 is 10.7. The summed E-state index contributed by atoms with van der Waals surface area (Å²) in [6.07, 6.45) is 0.699. The van der Waals surface area contributed by atoms with Crippen LogP contribution in [0.2, 0.25) is 0 Å². The molecule has 0 aliphatic carbocycles. The highest BCUT2D eigenvalue weighted by Crippen LogP contribution is 2.21. The Labute approximate surface area is 166 Å². The van der Waals surface area contributed by atoms with Crippen LogP contribution >= 0.6 is 0 Å². The van der Waals surface area contributed by atoms with Crippen LogP contribution in [0.15, 0.2) is 54.6 Å². The third-order valence-corrected chi connectivity index (χ3v) is 4.31. The van der Waals surface area contributed by atoms with Crippen molar-refractivity contribution in [3.05, 3.63) is 60.2 Å². The van der Waals surface area contributed by atoms with Gasteiger partial charge in [0.25, 0.3) is 0 Å². The van der Waals surface area contributed by atoms with Gasteiger partial charge >= 0.3 is 0 Å². The highest BCUT2D eigenvalue weighted by atomic mass is 16.5. The molecule has 0 heterocycles. The second-order valence-electron chi connectivity index (χ2n) is 6.98. The van der Waals surface area contributed by atoms with E-state index < -0.39 is 5.41 Å². The normalized spacial score (nSPS) is 11.0. The van der Waals surface area contributed by atoms with Crippen molar-refractivity contribution in [3.8, 4) is 5.75 Å². The fourth-order valence-electron chi connectivity index (χ4n) is 2.41. The minimum atomic E-state index is -1.18. The summed E-state index contributed by atoms with van der Waals surface area (Å²) in [5.41, 5.74) is 0.505. The lowest BCUT2D eigenvalue weighted by Gasteiger charge is -2.22. The molecule has 0 spiro atoms.